The first-order valence-electron chi connectivity index (χ1n) is 7.65. The number of halogens is 1. The Morgan fingerprint density at radius 1 is 1.12 bits per heavy atom. The van der Waals surface area contributed by atoms with Gasteiger partial charge < -0.3 is 9.47 Å². The first kappa shape index (κ1) is 18.8. The van der Waals surface area contributed by atoms with Crippen LogP contribution in [0.15, 0.2) is 53.0 Å². The van der Waals surface area contributed by atoms with E-state index in [-0.39, 0.29) is 6.61 Å². The maximum absolute atomic E-state index is 11.9. The number of nitrogens with one attached hydrogen (secondary N) is 2. The lowest BCUT2D eigenvalue weighted by molar-refractivity contribution is -0.133. The molecule has 0 saturated heterocycles. The number of hydrazine groups is 1. The number of amides is 2. The highest BCUT2D eigenvalue weighted by Gasteiger charge is 2.15. The molecule has 0 aliphatic rings. The van der Waals surface area contributed by atoms with Crippen molar-refractivity contribution < 1.29 is 19.1 Å². The van der Waals surface area contributed by atoms with Gasteiger partial charge in [0, 0.05) is 4.47 Å². The van der Waals surface area contributed by atoms with Gasteiger partial charge in [0.1, 0.15) is 11.5 Å². The summed E-state index contributed by atoms with van der Waals surface area (Å²) in [5.74, 6) is 0.246. The summed E-state index contributed by atoms with van der Waals surface area (Å²) in [5.41, 5.74) is 5.51. The van der Waals surface area contributed by atoms with Crippen LogP contribution in [0.4, 0.5) is 0 Å². The van der Waals surface area contributed by atoms with Crippen LogP contribution >= 0.6 is 15.9 Å². The van der Waals surface area contributed by atoms with Crippen LogP contribution in [0.2, 0.25) is 0 Å². The molecule has 1 atom stereocenters. The Bertz CT molecular complexity index is 737. The van der Waals surface area contributed by atoms with Gasteiger partial charge in [-0.05, 0) is 49.7 Å². The van der Waals surface area contributed by atoms with Crippen molar-refractivity contribution in [2.45, 2.75) is 20.0 Å². The maximum atomic E-state index is 11.9. The summed E-state index contributed by atoms with van der Waals surface area (Å²) in [6.07, 6.45) is -0.752. The molecule has 0 aliphatic carbocycles. The summed E-state index contributed by atoms with van der Waals surface area (Å²) in [6, 6.07) is 14.4. The zero-order valence-electron chi connectivity index (χ0n) is 13.9. The highest BCUT2D eigenvalue weighted by atomic mass is 79.9. The zero-order valence-corrected chi connectivity index (χ0v) is 15.5. The number of rotatable bonds is 6. The highest BCUT2D eigenvalue weighted by molar-refractivity contribution is 9.10. The van der Waals surface area contributed by atoms with Gasteiger partial charge in [-0.15, -0.1) is 0 Å². The standard InChI is InChI=1S/C18H19BrN2O4/c1-12-10-14(19)8-9-16(12)24-11-17(22)20-21-18(23)13(2)25-15-6-4-3-5-7-15/h3-10,13H,11H2,1-2H3,(H,20,22)(H,21,23). The van der Waals surface area contributed by atoms with Crippen LogP contribution in [0.1, 0.15) is 12.5 Å². The first-order chi connectivity index (χ1) is 12.0. The highest BCUT2D eigenvalue weighted by Crippen LogP contribution is 2.21. The van der Waals surface area contributed by atoms with Crippen molar-refractivity contribution in [1.29, 1.82) is 0 Å². The molecule has 1 unspecified atom stereocenters. The van der Waals surface area contributed by atoms with Crippen LogP contribution < -0.4 is 20.3 Å². The van der Waals surface area contributed by atoms with Crippen molar-refractivity contribution in [3.05, 3.63) is 58.6 Å². The molecule has 2 rings (SSSR count). The third kappa shape index (κ3) is 6.11. The number of benzene rings is 2. The summed E-state index contributed by atoms with van der Waals surface area (Å²) < 4.78 is 11.8. The largest absolute Gasteiger partial charge is 0.483 e. The predicted molar refractivity (Wildman–Crippen MR) is 97.2 cm³/mol. The molecule has 25 heavy (non-hydrogen) atoms. The van der Waals surface area contributed by atoms with Crippen molar-refractivity contribution in [3.8, 4) is 11.5 Å². The fourth-order valence-corrected chi connectivity index (χ4v) is 2.42. The van der Waals surface area contributed by atoms with Crippen LogP contribution in [0.25, 0.3) is 0 Å². The minimum absolute atomic E-state index is 0.212. The molecule has 6 nitrogen and oxygen atoms in total. The SMILES string of the molecule is Cc1cc(Br)ccc1OCC(=O)NNC(=O)C(C)Oc1ccccc1. The molecule has 0 aromatic heterocycles. The van der Waals surface area contributed by atoms with E-state index in [1.165, 1.54) is 0 Å². The van der Waals surface area contributed by atoms with Crippen LogP contribution in [0.3, 0.4) is 0 Å². The topological polar surface area (TPSA) is 76.7 Å². The summed E-state index contributed by atoms with van der Waals surface area (Å²) in [5, 5.41) is 0. The van der Waals surface area contributed by atoms with Crippen molar-refractivity contribution in [2.24, 2.45) is 0 Å². The minimum atomic E-state index is -0.752. The maximum Gasteiger partial charge on any atom is 0.279 e. The first-order valence-corrected chi connectivity index (χ1v) is 8.44. The number of carbonyl (C=O) groups excluding carboxylic acids is 2. The van der Waals surface area contributed by atoms with Gasteiger partial charge >= 0.3 is 0 Å². The van der Waals surface area contributed by atoms with E-state index in [2.05, 4.69) is 26.8 Å². The lowest BCUT2D eigenvalue weighted by Gasteiger charge is -2.15. The van der Waals surface area contributed by atoms with E-state index in [0.29, 0.717) is 11.5 Å². The van der Waals surface area contributed by atoms with Crippen LogP contribution in [-0.4, -0.2) is 24.5 Å². The van der Waals surface area contributed by atoms with Gasteiger partial charge in [0.2, 0.25) is 0 Å². The Balaban J connectivity index is 1.74. The molecule has 0 aliphatic heterocycles. The molecule has 7 heteroatoms. The number of ether oxygens (including phenoxy) is 2. The molecule has 0 heterocycles. The average molecular weight is 407 g/mol. The van der Waals surface area contributed by atoms with Gasteiger partial charge in [-0.2, -0.15) is 0 Å². The molecule has 2 N–H and O–H groups in total. The summed E-state index contributed by atoms with van der Waals surface area (Å²) in [7, 11) is 0. The van der Waals surface area contributed by atoms with Crippen molar-refractivity contribution in [3.63, 3.8) is 0 Å². The molecule has 0 fully saturated rings. The number of hydrogen-bond donors (Lipinski definition) is 2. The fourth-order valence-electron chi connectivity index (χ4n) is 1.94. The minimum Gasteiger partial charge on any atom is -0.483 e. The molecule has 0 saturated carbocycles. The second-order valence-electron chi connectivity index (χ2n) is 5.31. The molecular weight excluding hydrogens is 388 g/mol. The van der Waals surface area contributed by atoms with E-state index >= 15 is 0 Å². The Morgan fingerprint density at radius 3 is 2.52 bits per heavy atom. The van der Waals surface area contributed by atoms with E-state index in [0.717, 1.165) is 10.0 Å². The lowest BCUT2D eigenvalue weighted by Crippen LogP contribution is -2.48. The van der Waals surface area contributed by atoms with E-state index in [9.17, 15) is 9.59 Å². The van der Waals surface area contributed by atoms with Gasteiger partial charge in [0.25, 0.3) is 11.8 Å². The molecule has 0 radical (unpaired) electrons. The molecule has 2 aromatic rings. The normalized spacial score (nSPS) is 11.3. The third-order valence-electron chi connectivity index (χ3n) is 3.25. The molecule has 2 aromatic carbocycles. The molecule has 0 bridgehead atoms. The number of carbonyl (C=O) groups is 2. The Kier molecular flexibility index (Phi) is 6.82. The average Bonchev–Trinajstić information content (AvgIpc) is 2.59. The number of para-hydroxylation sites is 1. The fraction of sp³-hybridized carbons (Fsp3) is 0.222. The molecular formula is C18H19BrN2O4. The van der Waals surface area contributed by atoms with Gasteiger partial charge in [-0.3, -0.25) is 20.4 Å². The predicted octanol–water partition coefficient (Wildman–Crippen LogP) is 2.75. The molecule has 0 spiro atoms. The molecule has 2 amide bonds. The van der Waals surface area contributed by atoms with E-state index in [1.54, 1.807) is 25.1 Å². The van der Waals surface area contributed by atoms with Gasteiger partial charge in [0.05, 0.1) is 0 Å². The Morgan fingerprint density at radius 2 is 1.84 bits per heavy atom. The summed E-state index contributed by atoms with van der Waals surface area (Å²) in [6.45, 7) is 3.26. The second-order valence-corrected chi connectivity index (χ2v) is 6.22. The van der Waals surface area contributed by atoms with Crippen LogP contribution in [-0.2, 0) is 9.59 Å². The second kappa shape index (κ2) is 9.08. The van der Waals surface area contributed by atoms with Crippen molar-refractivity contribution in [2.75, 3.05) is 6.61 Å². The molecule has 132 valence electrons. The number of aryl methyl sites for hydroxylation is 1. The van der Waals surface area contributed by atoms with E-state index < -0.39 is 17.9 Å². The number of hydrogen-bond acceptors (Lipinski definition) is 4. The summed E-state index contributed by atoms with van der Waals surface area (Å²) in [4.78, 5) is 23.7. The quantitative estimate of drug-likeness (QED) is 0.723. The van der Waals surface area contributed by atoms with Gasteiger partial charge in [0.15, 0.2) is 12.7 Å². The van der Waals surface area contributed by atoms with E-state index in [4.69, 9.17) is 9.47 Å². The van der Waals surface area contributed by atoms with Gasteiger partial charge in [-0.1, -0.05) is 34.1 Å². The smallest absolute Gasteiger partial charge is 0.279 e. The van der Waals surface area contributed by atoms with Gasteiger partial charge in [-0.25, -0.2) is 0 Å². The van der Waals surface area contributed by atoms with Crippen LogP contribution in [0.5, 0.6) is 11.5 Å². The van der Waals surface area contributed by atoms with Crippen molar-refractivity contribution >= 4 is 27.7 Å². The van der Waals surface area contributed by atoms with Crippen LogP contribution in [0, 0.1) is 6.92 Å². The third-order valence-corrected chi connectivity index (χ3v) is 3.74. The van der Waals surface area contributed by atoms with Crippen molar-refractivity contribution in [1.82, 2.24) is 10.9 Å². The lowest BCUT2D eigenvalue weighted by atomic mass is 10.2. The Labute approximate surface area is 154 Å². The Hall–Kier alpha value is -2.54. The monoisotopic (exact) mass is 406 g/mol. The zero-order chi connectivity index (χ0) is 18.2. The summed E-state index contributed by atoms with van der Waals surface area (Å²) >= 11 is 3.36. The van der Waals surface area contributed by atoms with E-state index in [1.807, 2.05) is 37.3 Å².